The van der Waals surface area contributed by atoms with Gasteiger partial charge in [0.05, 0.1) is 11.9 Å². The molecule has 0 atom stereocenters. The molecule has 0 saturated carbocycles. The van der Waals surface area contributed by atoms with Gasteiger partial charge in [-0.15, -0.1) is 5.10 Å². The number of halogens is 1. The quantitative estimate of drug-likeness (QED) is 0.746. The van der Waals surface area contributed by atoms with Gasteiger partial charge in [0.15, 0.2) is 0 Å². The first kappa shape index (κ1) is 16.1. The molecule has 1 aliphatic rings. The van der Waals surface area contributed by atoms with Crippen molar-refractivity contribution in [1.82, 2.24) is 9.78 Å². The van der Waals surface area contributed by atoms with E-state index in [2.05, 4.69) is 15.3 Å². The summed E-state index contributed by atoms with van der Waals surface area (Å²) in [4.78, 5) is 12.3. The van der Waals surface area contributed by atoms with Crippen LogP contribution in [0.25, 0.3) is 11.8 Å². The predicted molar refractivity (Wildman–Crippen MR) is 103 cm³/mol. The number of aromatic nitrogens is 2. The summed E-state index contributed by atoms with van der Waals surface area (Å²) in [7, 11) is 0. The Balaban J connectivity index is 1.76. The van der Waals surface area contributed by atoms with Crippen molar-refractivity contribution in [3.8, 4) is 11.6 Å². The lowest BCUT2D eigenvalue weighted by atomic mass is 10.0. The number of nitrogens with one attached hydrogen (secondary N) is 1. The number of aromatic amines is 1. The van der Waals surface area contributed by atoms with E-state index in [1.54, 1.807) is 36.6 Å². The van der Waals surface area contributed by atoms with E-state index >= 15 is 0 Å². The topological polar surface area (TPSA) is 82.7 Å². The minimum atomic E-state index is -0.408. The molecule has 0 amide bonds. The van der Waals surface area contributed by atoms with E-state index < -0.39 is 5.56 Å². The molecule has 0 fully saturated rings. The maximum atomic E-state index is 12.3. The fourth-order valence-corrected chi connectivity index (χ4v) is 2.82. The highest BCUT2D eigenvalue weighted by atomic mass is 35.5. The van der Waals surface area contributed by atoms with Crippen molar-refractivity contribution in [1.29, 1.82) is 0 Å². The Morgan fingerprint density at radius 1 is 1.08 bits per heavy atom. The highest BCUT2D eigenvalue weighted by molar-refractivity contribution is 6.31. The zero-order chi connectivity index (χ0) is 18.1. The van der Waals surface area contributed by atoms with Gasteiger partial charge < -0.3 is 5.11 Å². The zero-order valence-corrected chi connectivity index (χ0v) is 14.2. The number of hydrogen-bond acceptors (Lipinski definition) is 4. The third kappa shape index (κ3) is 2.87. The molecule has 2 heterocycles. The van der Waals surface area contributed by atoms with Crippen LogP contribution < -0.4 is 5.56 Å². The van der Waals surface area contributed by atoms with Crippen LogP contribution in [0.1, 0.15) is 11.1 Å². The maximum absolute atomic E-state index is 12.3. The van der Waals surface area contributed by atoms with E-state index in [0.29, 0.717) is 22.0 Å². The van der Waals surface area contributed by atoms with Crippen LogP contribution in [0.3, 0.4) is 0 Å². The highest BCUT2D eigenvalue weighted by Gasteiger charge is 2.18. The zero-order valence-electron chi connectivity index (χ0n) is 13.4. The summed E-state index contributed by atoms with van der Waals surface area (Å²) in [5.74, 6) is -0.176. The average Bonchev–Trinajstić information content (AvgIpc) is 3.23. The summed E-state index contributed by atoms with van der Waals surface area (Å²) in [6.45, 7) is 0. The monoisotopic (exact) mass is 364 g/mol. The Morgan fingerprint density at radius 3 is 2.54 bits per heavy atom. The smallest absolute Gasteiger partial charge is 0.275 e. The van der Waals surface area contributed by atoms with E-state index in [-0.39, 0.29) is 11.4 Å². The van der Waals surface area contributed by atoms with Crippen LogP contribution in [-0.4, -0.2) is 26.8 Å². The van der Waals surface area contributed by atoms with E-state index in [9.17, 15) is 9.90 Å². The van der Waals surface area contributed by atoms with Gasteiger partial charge in [-0.2, -0.15) is 5.10 Å². The van der Waals surface area contributed by atoms with E-state index in [4.69, 9.17) is 11.6 Å². The molecular formula is C19H13ClN4O2. The molecule has 26 heavy (non-hydrogen) atoms. The predicted octanol–water partition coefficient (Wildman–Crippen LogP) is 3.40. The average molecular weight is 365 g/mol. The summed E-state index contributed by atoms with van der Waals surface area (Å²) < 4.78 is 1.33. The number of rotatable bonds is 3. The second-order valence-corrected chi connectivity index (χ2v) is 6.09. The highest BCUT2D eigenvalue weighted by Crippen LogP contribution is 2.23. The Morgan fingerprint density at radius 2 is 1.81 bits per heavy atom. The third-order valence-electron chi connectivity index (χ3n) is 3.97. The Bertz CT molecular complexity index is 1110. The summed E-state index contributed by atoms with van der Waals surface area (Å²) in [5, 5.41) is 21.8. The number of allylic oxidation sites excluding steroid dienone is 1. The van der Waals surface area contributed by atoms with Crippen molar-refractivity contribution >= 4 is 29.6 Å². The van der Waals surface area contributed by atoms with Crippen molar-refractivity contribution in [2.45, 2.75) is 0 Å². The molecule has 0 aliphatic carbocycles. The first-order valence-corrected chi connectivity index (χ1v) is 8.20. The van der Waals surface area contributed by atoms with Crippen molar-refractivity contribution in [2.75, 3.05) is 0 Å². The van der Waals surface area contributed by atoms with Gasteiger partial charge in [0.2, 0.25) is 5.88 Å². The van der Waals surface area contributed by atoms with Crippen LogP contribution >= 0.6 is 11.6 Å². The second-order valence-electron chi connectivity index (χ2n) is 5.65. The van der Waals surface area contributed by atoms with Gasteiger partial charge in [-0.05, 0) is 30.3 Å². The molecule has 6 nitrogen and oxygen atoms in total. The summed E-state index contributed by atoms with van der Waals surface area (Å²) in [5.41, 5.74) is 2.43. The molecule has 3 aromatic rings. The van der Waals surface area contributed by atoms with Gasteiger partial charge in [0.1, 0.15) is 11.3 Å². The molecule has 0 unspecified atom stereocenters. The van der Waals surface area contributed by atoms with Crippen LogP contribution in [0.15, 0.2) is 75.2 Å². The molecule has 0 radical (unpaired) electrons. The fraction of sp³-hybridized carbons (Fsp3) is 0. The standard InChI is InChI=1S/C19H13ClN4O2/c20-14-8-6-12(7-9-14)17-13(11-21-22-17)10-16-18(25)23-24(19(16)26)15-4-2-1-3-5-15/h1-11,26H,(H,23,25). The van der Waals surface area contributed by atoms with Gasteiger partial charge in [0, 0.05) is 16.2 Å². The number of hydrogen-bond donors (Lipinski definition) is 2. The minimum Gasteiger partial charge on any atom is -0.493 e. The summed E-state index contributed by atoms with van der Waals surface area (Å²) >= 11 is 5.92. The van der Waals surface area contributed by atoms with Crippen molar-refractivity contribution in [2.24, 2.45) is 10.2 Å². The summed E-state index contributed by atoms with van der Waals surface area (Å²) in [6, 6.07) is 16.2. The van der Waals surface area contributed by atoms with Crippen LogP contribution in [0.4, 0.5) is 0 Å². The first-order chi connectivity index (χ1) is 12.6. The Hall–Kier alpha value is -3.38. The van der Waals surface area contributed by atoms with Crippen LogP contribution in [0.5, 0.6) is 5.88 Å². The van der Waals surface area contributed by atoms with Gasteiger partial charge in [0.25, 0.3) is 5.56 Å². The fourth-order valence-electron chi connectivity index (χ4n) is 2.69. The lowest BCUT2D eigenvalue weighted by molar-refractivity contribution is 0.432. The maximum Gasteiger partial charge on any atom is 0.275 e. The van der Waals surface area contributed by atoms with E-state index in [1.165, 1.54) is 4.68 Å². The van der Waals surface area contributed by atoms with Crippen molar-refractivity contribution in [3.63, 3.8) is 0 Å². The number of para-hydroxylation sites is 1. The summed E-state index contributed by atoms with van der Waals surface area (Å²) in [6.07, 6.45) is 3.11. The second kappa shape index (κ2) is 6.50. The van der Waals surface area contributed by atoms with Crippen LogP contribution in [0, 0.1) is 0 Å². The number of nitrogens with zero attached hydrogens (tertiary/aromatic N) is 3. The van der Waals surface area contributed by atoms with Crippen molar-refractivity contribution < 1.29 is 5.11 Å². The molecule has 1 aliphatic heterocycles. The third-order valence-corrected chi connectivity index (χ3v) is 4.22. The lowest BCUT2D eigenvalue weighted by Crippen LogP contribution is -2.07. The van der Waals surface area contributed by atoms with E-state index in [1.807, 2.05) is 30.3 Å². The molecule has 0 saturated heterocycles. The molecule has 7 heteroatoms. The van der Waals surface area contributed by atoms with Gasteiger partial charge in [-0.25, -0.2) is 4.68 Å². The largest absolute Gasteiger partial charge is 0.493 e. The number of benzene rings is 2. The van der Waals surface area contributed by atoms with Gasteiger partial charge in [-0.1, -0.05) is 41.9 Å². The molecule has 2 aromatic carbocycles. The molecule has 4 rings (SSSR count). The Labute approximate surface area is 153 Å². The number of aromatic hydroxyl groups is 1. The van der Waals surface area contributed by atoms with Crippen molar-refractivity contribution in [3.05, 3.63) is 86.7 Å². The SMILES string of the molecule is O=c1[nH]n(-c2ccccc2)c(O)c1C=C1C=NN=C1c1ccc(Cl)cc1. The van der Waals surface area contributed by atoms with E-state index in [0.717, 1.165) is 5.56 Å². The lowest BCUT2D eigenvalue weighted by Gasteiger charge is -2.04. The van der Waals surface area contributed by atoms with Gasteiger partial charge in [-0.3, -0.25) is 9.89 Å². The minimum absolute atomic E-state index is 0.138. The normalized spacial score (nSPS) is 14.8. The van der Waals surface area contributed by atoms with Crippen LogP contribution in [-0.2, 0) is 0 Å². The molecule has 1 aromatic heterocycles. The molecule has 128 valence electrons. The molecular weight excluding hydrogens is 352 g/mol. The molecule has 2 N–H and O–H groups in total. The van der Waals surface area contributed by atoms with Gasteiger partial charge >= 0.3 is 0 Å². The molecule has 0 bridgehead atoms. The molecule has 0 spiro atoms. The number of H-pyrrole nitrogens is 1. The van der Waals surface area contributed by atoms with Crippen LogP contribution in [0.2, 0.25) is 5.02 Å². The first-order valence-electron chi connectivity index (χ1n) is 7.82. The Kier molecular flexibility index (Phi) is 4.02.